The topological polar surface area (TPSA) is 84.6 Å². The third-order valence-electron chi connectivity index (χ3n) is 4.49. The minimum Gasteiger partial charge on any atom is -0.493 e. The number of halogens is 1. The summed E-state index contributed by atoms with van der Waals surface area (Å²) in [5, 5.41) is 10.5. The quantitative estimate of drug-likeness (QED) is 0.238. The SMILES string of the molecule is CN=C(NCCCc1nc(C)no1)NCc1ccc(C)cc1OCC1CC1.I. The summed E-state index contributed by atoms with van der Waals surface area (Å²) < 4.78 is 11.2. The lowest BCUT2D eigenvalue weighted by Gasteiger charge is -2.15. The van der Waals surface area contributed by atoms with Gasteiger partial charge in [-0.1, -0.05) is 17.3 Å². The van der Waals surface area contributed by atoms with E-state index in [4.69, 9.17) is 9.26 Å². The highest BCUT2D eigenvalue weighted by Gasteiger charge is 2.22. The van der Waals surface area contributed by atoms with Gasteiger partial charge in [0, 0.05) is 32.1 Å². The summed E-state index contributed by atoms with van der Waals surface area (Å²) in [6, 6.07) is 6.35. The lowest BCUT2D eigenvalue weighted by molar-refractivity contribution is 0.296. The highest BCUT2D eigenvalue weighted by Crippen LogP contribution is 2.30. The first-order valence-corrected chi connectivity index (χ1v) is 9.60. The van der Waals surface area contributed by atoms with Crippen LogP contribution in [0.5, 0.6) is 5.75 Å². The number of hydrogen-bond donors (Lipinski definition) is 2. The van der Waals surface area contributed by atoms with Crippen LogP contribution in [-0.4, -0.2) is 36.3 Å². The molecule has 1 aromatic carbocycles. The Bertz CT molecular complexity index is 774. The van der Waals surface area contributed by atoms with E-state index in [-0.39, 0.29) is 24.0 Å². The van der Waals surface area contributed by atoms with Crippen LogP contribution in [0.3, 0.4) is 0 Å². The molecule has 0 saturated heterocycles. The third-order valence-corrected chi connectivity index (χ3v) is 4.49. The van der Waals surface area contributed by atoms with Crippen molar-refractivity contribution in [2.45, 2.75) is 46.1 Å². The lowest BCUT2D eigenvalue weighted by atomic mass is 10.1. The Hall–Kier alpha value is -1.84. The van der Waals surface area contributed by atoms with Crippen molar-refractivity contribution in [2.75, 3.05) is 20.2 Å². The van der Waals surface area contributed by atoms with E-state index in [2.05, 4.69) is 50.9 Å². The molecule has 1 fully saturated rings. The summed E-state index contributed by atoms with van der Waals surface area (Å²) in [5.74, 6) is 3.83. The van der Waals surface area contributed by atoms with Crippen LogP contribution in [0.4, 0.5) is 0 Å². The van der Waals surface area contributed by atoms with Crippen molar-refractivity contribution < 1.29 is 9.26 Å². The van der Waals surface area contributed by atoms with Crippen LogP contribution in [0.25, 0.3) is 0 Å². The summed E-state index contributed by atoms with van der Waals surface area (Å²) in [6.45, 7) is 6.18. The van der Waals surface area contributed by atoms with Crippen LogP contribution in [0.2, 0.25) is 0 Å². The molecular weight excluding hydrogens is 469 g/mol. The molecule has 8 heteroatoms. The Morgan fingerprint density at radius 3 is 2.79 bits per heavy atom. The number of aromatic nitrogens is 2. The molecule has 28 heavy (non-hydrogen) atoms. The molecule has 0 unspecified atom stereocenters. The second-order valence-electron chi connectivity index (χ2n) is 7.06. The van der Waals surface area contributed by atoms with Crippen LogP contribution in [0.1, 0.15) is 42.1 Å². The van der Waals surface area contributed by atoms with Gasteiger partial charge in [0.05, 0.1) is 6.61 Å². The second kappa shape index (κ2) is 11.2. The maximum atomic E-state index is 6.03. The maximum absolute atomic E-state index is 6.03. The van der Waals surface area contributed by atoms with Crippen LogP contribution < -0.4 is 15.4 Å². The first kappa shape index (κ1) is 22.4. The van der Waals surface area contributed by atoms with Gasteiger partial charge < -0.3 is 19.9 Å². The second-order valence-corrected chi connectivity index (χ2v) is 7.06. The monoisotopic (exact) mass is 499 g/mol. The lowest BCUT2D eigenvalue weighted by Crippen LogP contribution is -2.37. The Morgan fingerprint density at radius 2 is 2.11 bits per heavy atom. The van der Waals surface area contributed by atoms with Crippen molar-refractivity contribution in [2.24, 2.45) is 10.9 Å². The van der Waals surface area contributed by atoms with Gasteiger partial charge in [-0.2, -0.15) is 4.98 Å². The van der Waals surface area contributed by atoms with Gasteiger partial charge in [0.2, 0.25) is 5.89 Å². The first-order chi connectivity index (χ1) is 13.1. The van der Waals surface area contributed by atoms with E-state index >= 15 is 0 Å². The minimum absolute atomic E-state index is 0. The van der Waals surface area contributed by atoms with Gasteiger partial charge in [-0.05, 0) is 50.7 Å². The Balaban J connectivity index is 0.00000280. The van der Waals surface area contributed by atoms with Crippen molar-refractivity contribution in [3.05, 3.63) is 41.0 Å². The van der Waals surface area contributed by atoms with E-state index in [0.717, 1.165) is 49.2 Å². The summed E-state index contributed by atoms with van der Waals surface area (Å²) in [7, 11) is 1.77. The summed E-state index contributed by atoms with van der Waals surface area (Å²) >= 11 is 0. The van der Waals surface area contributed by atoms with Gasteiger partial charge in [-0.25, -0.2) is 0 Å². The van der Waals surface area contributed by atoms with Crippen molar-refractivity contribution in [3.63, 3.8) is 0 Å². The minimum atomic E-state index is 0. The fourth-order valence-electron chi connectivity index (χ4n) is 2.72. The fourth-order valence-corrected chi connectivity index (χ4v) is 2.72. The molecule has 1 aromatic heterocycles. The third kappa shape index (κ3) is 7.29. The molecule has 1 saturated carbocycles. The number of benzene rings is 1. The summed E-state index contributed by atoms with van der Waals surface area (Å²) in [5.41, 5.74) is 2.36. The average Bonchev–Trinajstić information content (AvgIpc) is 3.40. The molecule has 1 heterocycles. The van der Waals surface area contributed by atoms with Crippen molar-refractivity contribution in [3.8, 4) is 5.75 Å². The molecule has 0 aliphatic heterocycles. The first-order valence-electron chi connectivity index (χ1n) is 9.60. The van der Waals surface area contributed by atoms with Crippen LogP contribution in [0, 0.1) is 19.8 Å². The van der Waals surface area contributed by atoms with E-state index in [0.29, 0.717) is 18.3 Å². The number of ether oxygens (including phenoxy) is 1. The Kier molecular flexibility index (Phi) is 9.01. The molecule has 1 aliphatic rings. The molecule has 0 radical (unpaired) electrons. The zero-order chi connectivity index (χ0) is 19.1. The molecular formula is C20H30IN5O2. The van der Waals surface area contributed by atoms with Gasteiger partial charge in [0.25, 0.3) is 0 Å². The van der Waals surface area contributed by atoms with Crippen molar-refractivity contribution in [1.82, 2.24) is 20.8 Å². The molecule has 7 nitrogen and oxygen atoms in total. The molecule has 3 rings (SSSR count). The smallest absolute Gasteiger partial charge is 0.226 e. The number of nitrogens with zero attached hydrogens (tertiary/aromatic N) is 3. The van der Waals surface area contributed by atoms with Gasteiger partial charge in [0.1, 0.15) is 5.75 Å². The number of hydrogen-bond acceptors (Lipinski definition) is 5. The molecule has 0 atom stereocenters. The van der Waals surface area contributed by atoms with Crippen molar-refractivity contribution in [1.29, 1.82) is 0 Å². The highest BCUT2D eigenvalue weighted by molar-refractivity contribution is 14.0. The maximum Gasteiger partial charge on any atom is 0.226 e. The zero-order valence-corrected chi connectivity index (χ0v) is 19.2. The van der Waals surface area contributed by atoms with E-state index in [9.17, 15) is 0 Å². The Labute approximate surface area is 183 Å². The number of guanidine groups is 1. The van der Waals surface area contributed by atoms with E-state index in [1.54, 1.807) is 7.05 Å². The van der Waals surface area contributed by atoms with Crippen LogP contribution in [0.15, 0.2) is 27.7 Å². The molecule has 2 N–H and O–H groups in total. The normalized spacial score (nSPS) is 13.8. The number of rotatable bonds is 9. The van der Waals surface area contributed by atoms with Gasteiger partial charge in [-0.3, -0.25) is 4.99 Å². The molecule has 2 aromatic rings. The molecule has 0 bridgehead atoms. The number of aliphatic imine (C=N–C) groups is 1. The van der Waals surface area contributed by atoms with Crippen LogP contribution in [-0.2, 0) is 13.0 Å². The van der Waals surface area contributed by atoms with E-state index in [1.165, 1.54) is 18.4 Å². The molecule has 0 amide bonds. The molecule has 1 aliphatic carbocycles. The van der Waals surface area contributed by atoms with E-state index in [1.807, 2.05) is 6.92 Å². The number of aryl methyl sites for hydroxylation is 3. The Morgan fingerprint density at radius 1 is 1.29 bits per heavy atom. The fraction of sp³-hybridized carbons (Fsp3) is 0.550. The van der Waals surface area contributed by atoms with Crippen LogP contribution >= 0.6 is 24.0 Å². The summed E-state index contributed by atoms with van der Waals surface area (Å²) in [4.78, 5) is 8.49. The van der Waals surface area contributed by atoms with Crippen molar-refractivity contribution >= 4 is 29.9 Å². The molecule has 154 valence electrons. The highest BCUT2D eigenvalue weighted by atomic mass is 127. The average molecular weight is 499 g/mol. The zero-order valence-electron chi connectivity index (χ0n) is 16.8. The largest absolute Gasteiger partial charge is 0.493 e. The number of nitrogens with one attached hydrogen (secondary N) is 2. The predicted molar refractivity (Wildman–Crippen MR) is 120 cm³/mol. The predicted octanol–water partition coefficient (Wildman–Crippen LogP) is 3.39. The summed E-state index contributed by atoms with van der Waals surface area (Å²) in [6.07, 6.45) is 4.22. The van der Waals surface area contributed by atoms with Gasteiger partial charge >= 0.3 is 0 Å². The van der Waals surface area contributed by atoms with Gasteiger partial charge in [-0.15, -0.1) is 24.0 Å². The standard InChI is InChI=1S/C20H29N5O2.HI/c1-14-6-9-17(18(11-14)26-13-16-7-8-16)12-23-20(21-3)22-10-4-5-19-24-15(2)25-27-19;/h6,9,11,16H,4-5,7-8,10,12-13H2,1-3H3,(H2,21,22,23);1H. The van der Waals surface area contributed by atoms with Gasteiger partial charge in [0.15, 0.2) is 11.8 Å². The van der Waals surface area contributed by atoms with E-state index < -0.39 is 0 Å². The molecule has 0 spiro atoms.